The summed E-state index contributed by atoms with van der Waals surface area (Å²) in [7, 11) is 0. The first-order valence-electron chi connectivity index (χ1n) is 8.79. The molecule has 1 aliphatic heterocycles. The number of carbonyl (C=O) groups excluding carboxylic acids is 2. The monoisotopic (exact) mass is 367 g/mol. The molecule has 1 saturated heterocycles. The Morgan fingerprint density at radius 2 is 1.85 bits per heavy atom. The number of rotatable bonds is 6. The molecule has 0 atom stereocenters. The molecular formula is C20H21N3O4. The highest BCUT2D eigenvalue weighted by Crippen LogP contribution is 2.15. The van der Waals surface area contributed by atoms with Gasteiger partial charge in [-0.1, -0.05) is 24.3 Å². The van der Waals surface area contributed by atoms with E-state index in [1.165, 1.54) is 12.1 Å². The number of nitrogens with one attached hydrogen (secondary N) is 1. The predicted octanol–water partition coefficient (Wildman–Crippen LogP) is 2.14. The van der Waals surface area contributed by atoms with E-state index >= 15 is 0 Å². The zero-order valence-corrected chi connectivity index (χ0v) is 15.1. The first kappa shape index (κ1) is 18.6. The largest absolute Gasteiger partial charge is 0.478 e. The number of nitrogens with zero attached hydrogens (tertiary/aromatic N) is 2. The van der Waals surface area contributed by atoms with Crippen molar-refractivity contribution in [3.05, 3.63) is 64.5 Å². The molecule has 1 aromatic carbocycles. The van der Waals surface area contributed by atoms with Crippen LogP contribution in [0.3, 0.4) is 0 Å². The van der Waals surface area contributed by atoms with Gasteiger partial charge in [-0.3, -0.25) is 9.59 Å². The van der Waals surface area contributed by atoms with Gasteiger partial charge in [0.25, 0.3) is 5.91 Å². The van der Waals surface area contributed by atoms with E-state index in [2.05, 4.69) is 10.3 Å². The van der Waals surface area contributed by atoms with Gasteiger partial charge in [0.05, 0.1) is 11.3 Å². The van der Waals surface area contributed by atoms with E-state index in [9.17, 15) is 14.4 Å². The second-order valence-corrected chi connectivity index (χ2v) is 6.55. The van der Waals surface area contributed by atoms with Gasteiger partial charge in [0.2, 0.25) is 5.91 Å². The highest BCUT2D eigenvalue weighted by molar-refractivity contribution is 5.94. The van der Waals surface area contributed by atoms with Gasteiger partial charge in [0, 0.05) is 26.1 Å². The minimum absolute atomic E-state index is 0.0821. The summed E-state index contributed by atoms with van der Waals surface area (Å²) in [4.78, 5) is 40.8. The van der Waals surface area contributed by atoms with E-state index in [-0.39, 0.29) is 23.1 Å². The van der Waals surface area contributed by atoms with Crippen LogP contribution in [0, 0.1) is 6.92 Å². The van der Waals surface area contributed by atoms with Crippen molar-refractivity contribution >= 4 is 17.8 Å². The van der Waals surface area contributed by atoms with Crippen LogP contribution in [0.2, 0.25) is 0 Å². The Morgan fingerprint density at radius 3 is 2.44 bits per heavy atom. The fourth-order valence-electron chi connectivity index (χ4n) is 3.04. The van der Waals surface area contributed by atoms with Crippen LogP contribution in [0.4, 0.5) is 0 Å². The quantitative estimate of drug-likeness (QED) is 0.815. The summed E-state index contributed by atoms with van der Waals surface area (Å²) in [5.74, 6) is -1.23. The molecular weight excluding hydrogens is 346 g/mol. The van der Waals surface area contributed by atoms with Crippen LogP contribution in [-0.4, -0.2) is 39.3 Å². The van der Waals surface area contributed by atoms with E-state index < -0.39 is 5.97 Å². The third-order valence-corrected chi connectivity index (χ3v) is 4.57. The molecule has 0 spiro atoms. The summed E-state index contributed by atoms with van der Waals surface area (Å²) in [6.07, 6.45) is 1.55. The van der Waals surface area contributed by atoms with Crippen LogP contribution in [0.5, 0.6) is 0 Å². The minimum Gasteiger partial charge on any atom is -0.478 e. The van der Waals surface area contributed by atoms with Crippen molar-refractivity contribution in [3.63, 3.8) is 0 Å². The predicted molar refractivity (Wildman–Crippen MR) is 98.2 cm³/mol. The van der Waals surface area contributed by atoms with Gasteiger partial charge in [-0.15, -0.1) is 0 Å². The molecule has 2 N–H and O–H groups in total. The summed E-state index contributed by atoms with van der Waals surface area (Å²) in [6, 6.07) is 10.5. The highest BCUT2D eigenvalue weighted by Gasteiger charge is 2.19. The Balaban J connectivity index is 1.56. The van der Waals surface area contributed by atoms with Crippen molar-refractivity contribution in [1.29, 1.82) is 0 Å². The lowest BCUT2D eigenvalue weighted by atomic mass is 10.1. The summed E-state index contributed by atoms with van der Waals surface area (Å²) < 4.78 is 0. The lowest BCUT2D eigenvalue weighted by Crippen LogP contribution is -2.25. The van der Waals surface area contributed by atoms with E-state index in [0.717, 1.165) is 24.1 Å². The molecule has 2 amide bonds. The topological polar surface area (TPSA) is 99.6 Å². The Bertz CT molecular complexity index is 877. The van der Waals surface area contributed by atoms with Crippen LogP contribution in [0.15, 0.2) is 36.4 Å². The standard InChI is InChI=1S/C20H21N3O4/c1-13-16(20(26)27)8-9-17(22-13)19(25)21-11-14-4-6-15(7-5-14)12-23-10-2-3-18(23)24/h4-9H,2-3,10-12H2,1H3,(H,21,25)(H,26,27). The minimum atomic E-state index is -1.07. The summed E-state index contributed by atoms with van der Waals surface area (Å²) >= 11 is 0. The second kappa shape index (κ2) is 7.99. The number of aromatic nitrogens is 1. The van der Waals surface area contributed by atoms with E-state index in [4.69, 9.17) is 5.11 Å². The molecule has 7 nitrogen and oxygen atoms in total. The lowest BCUT2D eigenvalue weighted by molar-refractivity contribution is -0.128. The number of benzene rings is 1. The van der Waals surface area contributed by atoms with E-state index in [1.807, 2.05) is 29.2 Å². The maximum Gasteiger partial charge on any atom is 0.337 e. The number of aryl methyl sites for hydroxylation is 1. The average Bonchev–Trinajstić information content (AvgIpc) is 3.05. The van der Waals surface area contributed by atoms with Crippen molar-refractivity contribution < 1.29 is 19.5 Å². The molecule has 2 aromatic rings. The Hall–Kier alpha value is -3.22. The molecule has 7 heteroatoms. The number of hydrogen-bond acceptors (Lipinski definition) is 4. The van der Waals surface area contributed by atoms with Gasteiger partial charge in [0.1, 0.15) is 5.69 Å². The maximum atomic E-state index is 12.2. The van der Waals surface area contributed by atoms with Gasteiger partial charge in [0.15, 0.2) is 0 Å². The number of carbonyl (C=O) groups is 3. The molecule has 0 radical (unpaired) electrons. The summed E-state index contributed by atoms with van der Waals surface area (Å²) in [5, 5.41) is 11.8. The number of carboxylic acid groups (broad SMARTS) is 1. The van der Waals surface area contributed by atoms with Crippen LogP contribution in [0.1, 0.15) is 50.5 Å². The fraction of sp³-hybridized carbons (Fsp3) is 0.300. The van der Waals surface area contributed by atoms with Crippen molar-refractivity contribution in [3.8, 4) is 0 Å². The molecule has 140 valence electrons. The average molecular weight is 367 g/mol. The Morgan fingerprint density at radius 1 is 1.15 bits per heavy atom. The summed E-state index contributed by atoms with van der Waals surface area (Å²) in [6.45, 7) is 3.32. The highest BCUT2D eigenvalue weighted by atomic mass is 16.4. The van der Waals surface area contributed by atoms with Crippen molar-refractivity contribution in [2.24, 2.45) is 0 Å². The van der Waals surface area contributed by atoms with Crippen molar-refractivity contribution in [1.82, 2.24) is 15.2 Å². The molecule has 3 rings (SSSR count). The van der Waals surface area contributed by atoms with Gasteiger partial charge in [-0.2, -0.15) is 0 Å². The van der Waals surface area contributed by atoms with Crippen LogP contribution in [0.25, 0.3) is 0 Å². The maximum absolute atomic E-state index is 12.2. The van der Waals surface area contributed by atoms with Gasteiger partial charge in [-0.25, -0.2) is 9.78 Å². The zero-order valence-electron chi connectivity index (χ0n) is 15.1. The molecule has 27 heavy (non-hydrogen) atoms. The fourth-order valence-corrected chi connectivity index (χ4v) is 3.04. The molecule has 0 unspecified atom stereocenters. The molecule has 0 bridgehead atoms. The van der Waals surface area contributed by atoms with Crippen LogP contribution in [-0.2, 0) is 17.9 Å². The lowest BCUT2D eigenvalue weighted by Gasteiger charge is -2.15. The molecule has 2 heterocycles. The van der Waals surface area contributed by atoms with Gasteiger partial charge >= 0.3 is 5.97 Å². The third kappa shape index (κ3) is 4.49. The number of aromatic carboxylic acids is 1. The molecule has 0 aliphatic carbocycles. The smallest absolute Gasteiger partial charge is 0.337 e. The van der Waals surface area contributed by atoms with E-state index in [1.54, 1.807) is 6.92 Å². The van der Waals surface area contributed by atoms with Crippen molar-refractivity contribution in [2.75, 3.05) is 6.54 Å². The number of carboxylic acids is 1. The first-order valence-corrected chi connectivity index (χ1v) is 8.79. The first-order chi connectivity index (χ1) is 12.9. The van der Waals surface area contributed by atoms with Crippen LogP contribution < -0.4 is 5.32 Å². The molecule has 1 fully saturated rings. The van der Waals surface area contributed by atoms with Gasteiger partial charge < -0.3 is 15.3 Å². The Labute approximate surface area is 157 Å². The number of amides is 2. The summed E-state index contributed by atoms with van der Waals surface area (Å²) in [5.41, 5.74) is 2.55. The zero-order chi connectivity index (χ0) is 19.4. The second-order valence-electron chi connectivity index (χ2n) is 6.55. The van der Waals surface area contributed by atoms with E-state index in [0.29, 0.717) is 25.2 Å². The molecule has 1 aromatic heterocycles. The Kier molecular flexibility index (Phi) is 5.49. The number of pyridine rings is 1. The SMILES string of the molecule is Cc1nc(C(=O)NCc2ccc(CN3CCCC3=O)cc2)ccc1C(=O)O. The number of hydrogen-bond donors (Lipinski definition) is 2. The van der Waals surface area contributed by atoms with Crippen LogP contribution >= 0.6 is 0 Å². The number of likely N-dealkylation sites (tertiary alicyclic amines) is 1. The molecule has 0 saturated carbocycles. The van der Waals surface area contributed by atoms with Gasteiger partial charge in [-0.05, 0) is 36.6 Å². The molecule has 1 aliphatic rings. The van der Waals surface area contributed by atoms with Crippen molar-refractivity contribution in [2.45, 2.75) is 32.9 Å². The third-order valence-electron chi connectivity index (χ3n) is 4.57. The normalized spacial score (nSPS) is 13.7.